The number of hydrogen-bond acceptors (Lipinski definition) is 3. The lowest BCUT2D eigenvalue weighted by molar-refractivity contribution is -0.139. The van der Waals surface area contributed by atoms with E-state index in [4.69, 9.17) is 10.8 Å². The molecule has 0 bridgehead atoms. The fourth-order valence-corrected chi connectivity index (χ4v) is 1.37. The summed E-state index contributed by atoms with van der Waals surface area (Å²) in [7, 11) is 0. The largest absolute Gasteiger partial charge is 0.480 e. The third kappa shape index (κ3) is 1.93. The van der Waals surface area contributed by atoms with Crippen LogP contribution in [0.1, 0.15) is 25.7 Å². The Hall–Kier alpha value is -1.36. The molecule has 0 saturated carbocycles. The fraction of sp³-hybridized carbons (Fsp3) is 0.556. The van der Waals surface area contributed by atoms with Crippen LogP contribution in [0.4, 0.5) is 0 Å². The van der Waals surface area contributed by atoms with Gasteiger partial charge in [-0.25, -0.2) is 4.98 Å². The summed E-state index contributed by atoms with van der Waals surface area (Å²) in [6.45, 7) is 3.75. The van der Waals surface area contributed by atoms with Crippen LogP contribution in [0.3, 0.4) is 0 Å². The molecule has 5 heteroatoms. The first-order chi connectivity index (χ1) is 6.57. The number of aliphatic carboxylic acids is 1. The van der Waals surface area contributed by atoms with Gasteiger partial charge in [0.15, 0.2) is 0 Å². The number of carboxylic acid groups (broad SMARTS) is 1. The first kappa shape index (κ1) is 10.7. The number of carbonyl (C=O) groups is 1. The molecule has 1 heterocycles. The van der Waals surface area contributed by atoms with Crippen molar-refractivity contribution in [2.75, 3.05) is 0 Å². The summed E-state index contributed by atoms with van der Waals surface area (Å²) < 4.78 is 1.80. The summed E-state index contributed by atoms with van der Waals surface area (Å²) in [5.41, 5.74) is 5.53. The van der Waals surface area contributed by atoms with Crippen molar-refractivity contribution in [3.05, 3.63) is 18.2 Å². The second-order valence-corrected chi connectivity index (χ2v) is 3.21. The molecule has 0 spiro atoms. The van der Waals surface area contributed by atoms with E-state index in [-0.39, 0.29) is 6.04 Å². The maximum atomic E-state index is 10.7. The molecular formula is C9H15N3O2. The molecule has 0 aliphatic heterocycles. The Bertz CT molecular complexity index is 322. The number of nitrogens with two attached hydrogens (primary N) is 1. The molecule has 14 heavy (non-hydrogen) atoms. The monoisotopic (exact) mass is 197 g/mol. The Morgan fingerprint density at radius 3 is 2.93 bits per heavy atom. The number of rotatable bonds is 4. The first-order valence-electron chi connectivity index (χ1n) is 4.58. The summed E-state index contributed by atoms with van der Waals surface area (Å²) in [6.07, 6.45) is 4.18. The zero-order valence-electron chi connectivity index (χ0n) is 8.34. The molecule has 5 nitrogen and oxygen atoms in total. The Balaban J connectivity index is 2.88. The molecule has 0 aliphatic carbocycles. The van der Waals surface area contributed by atoms with Crippen molar-refractivity contribution < 1.29 is 9.90 Å². The molecule has 0 radical (unpaired) electrons. The smallest absolute Gasteiger partial charge is 0.322 e. The first-order valence-corrected chi connectivity index (χ1v) is 4.58. The van der Waals surface area contributed by atoms with Crippen LogP contribution in [0.2, 0.25) is 0 Å². The highest BCUT2D eigenvalue weighted by atomic mass is 16.4. The summed E-state index contributed by atoms with van der Waals surface area (Å²) in [5.74, 6) is -0.137. The fourth-order valence-electron chi connectivity index (χ4n) is 1.37. The molecule has 0 amide bonds. The van der Waals surface area contributed by atoms with E-state index in [0.717, 1.165) is 12.2 Å². The van der Waals surface area contributed by atoms with E-state index in [0.29, 0.717) is 0 Å². The van der Waals surface area contributed by atoms with Crippen LogP contribution in [0.25, 0.3) is 0 Å². The van der Waals surface area contributed by atoms with Gasteiger partial charge in [-0.3, -0.25) is 4.79 Å². The minimum absolute atomic E-state index is 0.273. The van der Waals surface area contributed by atoms with Crippen molar-refractivity contribution in [2.24, 2.45) is 5.73 Å². The van der Waals surface area contributed by atoms with E-state index >= 15 is 0 Å². The van der Waals surface area contributed by atoms with Crippen molar-refractivity contribution >= 4 is 5.97 Å². The van der Waals surface area contributed by atoms with Crippen LogP contribution < -0.4 is 5.73 Å². The topological polar surface area (TPSA) is 81.1 Å². The lowest BCUT2D eigenvalue weighted by atomic mass is 10.1. The van der Waals surface area contributed by atoms with Gasteiger partial charge in [-0.2, -0.15) is 0 Å². The van der Waals surface area contributed by atoms with Crippen LogP contribution in [0, 0.1) is 0 Å². The minimum Gasteiger partial charge on any atom is -0.480 e. The van der Waals surface area contributed by atoms with E-state index < -0.39 is 12.0 Å². The van der Waals surface area contributed by atoms with Crippen molar-refractivity contribution in [2.45, 2.75) is 32.4 Å². The Morgan fingerprint density at radius 1 is 1.79 bits per heavy atom. The van der Waals surface area contributed by atoms with E-state index in [1.54, 1.807) is 23.9 Å². The van der Waals surface area contributed by atoms with E-state index in [1.165, 1.54) is 0 Å². The maximum absolute atomic E-state index is 10.7. The van der Waals surface area contributed by atoms with Gasteiger partial charge < -0.3 is 15.4 Å². The molecule has 1 aromatic heterocycles. The van der Waals surface area contributed by atoms with Crippen LogP contribution in [0.15, 0.2) is 12.4 Å². The number of imidazole rings is 1. The van der Waals surface area contributed by atoms with Gasteiger partial charge >= 0.3 is 5.97 Å². The predicted molar refractivity (Wildman–Crippen MR) is 51.9 cm³/mol. The lowest BCUT2D eigenvalue weighted by Gasteiger charge is -2.19. The number of aromatic nitrogens is 2. The number of hydrogen-bond donors (Lipinski definition) is 2. The third-order valence-electron chi connectivity index (χ3n) is 2.31. The van der Waals surface area contributed by atoms with Gasteiger partial charge in [0.2, 0.25) is 0 Å². The summed E-state index contributed by atoms with van der Waals surface area (Å²) in [6, 6.07) is -1.17. The van der Waals surface area contributed by atoms with Crippen LogP contribution in [0.5, 0.6) is 0 Å². The van der Waals surface area contributed by atoms with Crippen molar-refractivity contribution in [3.8, 4) is 0 Å². The van der Waals surface area contributed by atoms with Gasteiger partial charge in [-0.05, 0) is 6.92 Å². The molecule has 78 valence electrons. The predicted octanol–water partition coefficient (Wildman–Crippen LogP) is 0.418. The van der Waals surface area contributed by atoms with Crippen molar-refractivity contribution in [3.63, 3.8) is 0 Å². The average molecular weight is 197 g/mol. The van der Waals surface area contributed by atoms with Gasteiger partial charge in [0.05, 0.1) is 6.04 Å². The summed E-state index contributed by atoms with van der Waals surface area (Å²) in [4.78, 5) is 14.8. The summed E-state index contributed by atoms with van der Waals surface area (Å²) in [5, 5.41) is 8.76. The van der Waals surface area contributed by atoms with E-state index in [9.17, 15) is 4.79 Å². The number of nitrogens with zero attached hydrogens (tertiary/aromatic N) is 2. The highest BCUT2D eigenvalue weighted by Gasteiger charge is 2.22. The van der Waals surface area contributed by atoms with E-state index in [2.05, 4.69) is 4.98 Å². The van der Waals surface area contributed by atoms with Crippen LogP contribution >= 0.6 is 0 Å². The summed E-state index contributed by atoms with van der Waals surface area (Å²) >= 11 is 0. The zero-order chi connectivity index (χ0) is 10.7. The molecule has 2 unspecified atom stereocenters. The second-order valence-electron chi connectivity index (χ2n) is 3.21. The maximum Gasteiger partial charge on any atom is 0.322 e. The van der Waals surface area contributed by atoms with Gasteiger partial charge in [-0.1, -0.05) is 6.92 Å². The third-order valence-corrected chi connectivity index (χ3v) is 2.31. The molecule has 0 saturated heterocycles. The average Bonchev–Trinajstić information content (AvgIpc) is 2.62. The van der Waals surface area contributed by atoms with Gasteiger partial charge in [0.1, 0.15) is 11.9 Å². The molecule has 2 atom stereocenters. The SMILES string of the molecule is CCc1nccn1C(C)C(N)C(=O)O. The number of carboxylic acids is 1. The number of aryl methyl sites for hydroxylation is 1. The highest BCUT2D eigenvalue weighted by Crippen LogP contribution is 2.12. The van der Waals surface area contributed by atoms with E-state index in [1.807, 2.05) is 6.92 Å². The van der Waals surface area contributed by atoms with Crippen molar-refractivity contribution in [1.29, 1.82) is 0 Å². The Morgan fingerprint density at radius 2 is 2.43 bits per heavy atom. The van der Waals surface area contributed by atoms with Crippen LogP contribution in [-0.2, 0) is 11.2 Å². The Kier molecular flexibility index (Phi) is 3.24. The van der Waals surface area contributed by atoms with Gasteiger partial charge in [0, 0.05) is 18.8 Å². The van der Waals surface area contributed by atoms with Crippen molar-refractivity contribution in [1.82, 2.24) is 9.55 Å². The van der Waals surface area contributed by atoms with Gasteiger partial charge in [-0.15, -0.1) is 0 Å². The minimum atomic E-state index is -0.992. The standard InChI is InChI=1S/C9H15N3O2/c1-3-7-11-4-5-12(7)6(2)8(10)9(13)14/h4-6,8H,3,10H2,1-2H3,(H,13,14). The highest BCUT2D eigenvalue weighted by molar-refractivity contribution is 5.73. The molecular weight excluding hydrogens is 182 g/mol. The zero-order valence-corrected chi connectivity index (χ0v) is 8.34. The molecule has 3 N–H and O–H groups in total. The van der Waals surface area contributed by atoms with Gasteiger partial charge in [0.25, 0.3) is 0 Å². The molecule has 0 aliphatic rings. The molecule has 0 aromatic carbocycles. The normalized spacial score (nSPS) is 15.1. The Labute approximate surface area is 82.6 Å². The molecule has 1 rings (SSSR count). The lowest BCUT2D eigenvalue weighted by Crippen LogP contribution is -2.38. The van der Waals surface area contributed by atoms with Crippen LogP contribution in [-0.4, -0.2) is 26.7 Å². The second kappa shape index (κ2) is 4.23. The quantitative estimate of drug-likeness (QED) is 0.732. The molecule has 1 aromatic rings. The molecule has 0 fully saturated rings.